The Labute approximate surface area is 112 Å². The maximum absolute atomic E-state index is 10.2. The number of ether oxygens (including phenoxy) is 2. The lowest BCUT2D eigenvalue weighted by Crippen LogP contribution is -2.25. The van der Waals surface area contributed by atoms with Gasteiger partial charge in [0.05, 0.1) is 6.61 Å². The first-order valence-electron chi connectivity index (χ1n) is 6.11. The Hall–Kier alpha value is -1.62. The van der Waals surface area contributed by atoms with Crippen LogP contribution in [0.2, 0.25) is 0 Å². The van der Waals surface area contributed by atoms with Crippen molar-refractivity contribution in [3.63, 3.8) is 0 Å². The molecule has 0 aliphatic rings. The summed E-state index contributed by atoms with van der Waals surface area (Å²) >= 11 is 0. The van der Waals surface area contributed by atoms with Gasteiger partial charge >= 0.3 is 0 Å². The molecule has 1 heterocycles. The second-order valence-corrected chi connectivity index (χ2v) is 4.24. The molecule has 2 atom stereocenters. The van der Waals surface area contributed by atoms with E-state index in [2.05, 4.69) is 0 Å². The molecule has 0 aliphatic carbocycles. The summed E-state index contributed by atoms with van der Waals surface area (Å²) < 4.78 is 15.9. The Morgan fingerprint density at radius 2 is 1.84 bits per heavy atom. The Balaban J connectivity index is 2.16. The molecule has 1 N–H and O–H groups in total. The average molecular weight is 262 g/mol. The summed E-state index contributed by atoms with van der Waals surface area (Å²) in [5.41, 5.74) is 0.974. The van der Waals surface area contributed by atoms with Crippen LogP contribution in [0.5, 0.6) is 0 Å². The van der Waals surface area contributed by atoms with Crippen molar-refractivity contribution in [3.05, 3.63) is 48.2 Å². The summed E-state index contributed by atoms with van der Waals surface area (Å²) in [5.74, 6) is 1.20. The molecule has 0 bridgehead atoms. The topological polar surface area (TPSA) is 51.8 Å². The van der Waals surface area contributed by atoms with E-state index in [1.54, 1.807) is 13.2 Å². The van der Waals surface area contributed by atoms with Crippen LogP contribution >= 0.6 is 0 Å². The van der Waals surface area contributed by atoms with Crippen LogP contribution < -0.4 is 0 Å². The largest absolute Gasteiger partial charge is 0.458 e. The standard InChI is InChI=1S/C15H18O4/c1-17-10-14(18-2)15(16)13-9-8-12(19-13)11-6-4-3-5-7-11/h3-9,14-16H,10H2,1-2H3/t14-,15+/m1/s1. The maximum Gasteiger partial charge on any atom is 0.140 e. The van der Waals surface area contributed by atoms with E-state index < -0.39 is 12.2 Å². The summed E-state index contributed by atoms with van der Waals surface area (Å²) in [5, 5.41) is 10.2. The molecule has 1 aromatic carbocycles. The third kappa shape index (κ3) is 3.23. The molecule has 4 nitrogen and oxygen atoms in total. The van der Waals surface area contributed by atoms with Crippen LogP contribution in [-0.4, -0.2) is 32.0 Å². The lowest BCUT2D eigenvalue weighted by atomic mass is 10.1. The van der Waals surface area contributed by atoms with Crippen molar-refractivity contribution < 1.29 is 19.0 Å². The monoisotopic (exact) mass is 262 g/mol. The van der Waals surface area contributed by atoms with E-state index >= 15 is 0 Å². The van der Waals surface area contributed by atoms with Crippen LogP contribution in [0.25, 0.3) is 11.3 Å². The number of aliphatic hydroxyl groups is 1. The van der Waals surface area contributed by atoms with E-state index in [0.29, 0.717) is 12.4 Å². The molecule has 19 heavy (non-hydrogen) atoms. The van der Waals surface area contributed by atoms with Crippen molar-refractivity contribution in [2.24, 2.45) is 0 Å². The molecule has 0 amide bonds. The third-order valence-corrected chi connectivity index (χ3v) is 2.96. The van der Waals surface area contributed by atoms with Gasteiger partial charge in [0.25, 0.3) is 0 Å². The van der Waals surface area contributed by atoms with Crippen molar-refractivity contribution in [1.82, 2.24) is 0 Å². The predicted molar refractivity (Wildman–Crippen MR) is 71.8 cm³/mol. The van der Waals surface area contributed by atoms with Gasteiger partial charge in [-0.1, -0.05) is 30.3 Å². The number of aliphatic hydroxyl groups excluding tert-OH is 1. The van der Waals surface area contributed by atoms with Gasteiger partial charge in [-0.25, -0.2) is 0 Å². The van der Waals surface area contributed by atoms with E-state index in [0.717, 1.165) is 11.3 Å². The molecule has 0 aliphatic heterocycles. The van der Waals surface area contributed by atoms with Crippen LogP contribution in [0.4, 0.5) is 0 Å². The normalized spacial score (nSPS) is 14.3. The highest BCUT2D eigenvalue weighted by Crippen LogP contribution is 2.27. The van der Waals surface area contributed by atoms with Gasteiger partial charge in [0, 0.05) is 19.8 Å². The highest BCUT2D eigenvalue weighted by Gasteiger charge is 2.23. The summed E-state index contributed by atoms with van der Waals surface area (Å²) in [4.78, 5) is 0. The second-order valence-electron chi connectivity index (χ2n) is 4.24. The average Bonchev–Trinajstić information content (AvgIpc) is 2.95. The summed E-state index contributed by atoms with van der Waals surface area (Å²) in [7, 11) is 3.10. The Morgan fingerprint density at radius 1 is 1.11 bits per heavy atom. The van der Waals surface area contributed by atoms with Gasteiger partial charge in [-0.05, 0) is 12.1 Å². The predicted octanol–water partition coefficient (Wildman–Crippen LogP) is 2.64. The van der Waals surface area contributed by atoms with E-state index in [-0.39, 0.29) is 0 Å². The lowest BCUT2D eigenvalue weighted by Gasteiger charge is -2.18. The van der Waals surface area contributed by atoms with Gasteiger partial charge < -0.3 is 19.0 Å². The molecule has 1 aromatic heterocycles. The van der Waals surface area contributed by atoms with Gasteiger partial charge in [-0.15, -0.1) is 0 Å². The molecular formula is C15H18O4. The first kappa shape index (κ1) is 13.8. The summed E-state index contributed by atoms with van der Waals surface area (Å²) in [6, 6.07) is 13.3. The Bertz CT molecular complexity index is 492. The molecule has 0 radical (unpaired) electrons. The summed E-state index contributed by atoms with van der Waals surface area (Å²) in [6.45, 7) is 0.305. The molecule has 2 aromatic rings. The van der Waals surface area contributed by atoms with Gasteiger partial charge in [0.1, 0.15) is 23.7 Å². The first-order valence-corrected chi connectivity index (χ1v) is 6.11. The zero-order chi connectivity index (χ0) is 13.7. The van der Waals surface area contributed by atoms with E-state index in [4.69, 9.17) is 13.9 Å². The van der Waals surface area contributed by atoms with E-state index in [1.807, 2.05) is 36.4 Å². The van der Waals surface area contributed by atoms with Gasteiger partial charge in [-0.3, -0.25) is 0 Å². The van der Waals surface area contributed by atoms with Gasteiger partial charge in [0.2, 0.25) is 0 Å². The fraction of sp³-hybridized carbons (Fsp3) is 0.333. The molecule has 4 heteroatoms. The highest BCUT2D eigenvalue weighted by atomic mass is 16.5. The van der Waals surface area contributed by atoms with Crippen molar-refractivity contribution in [2.45, 2.75) is 12.2 Å². The number of furan rings is 1. The lowest BCUT2D eigenvalue weighted by molar-refractivity contribution is -0.0595. The fourth-order valence-electron chi connectivity index (χ4n) is 1.90. The van der Waals surface area contributed by atoms with Crippen LogP contribution in [0.15, 0.2) is 46.9 Å². The quantitative estimate of drug-likeness (QED) is 0.869. The smallest absolute Gasteiger partial charge is 0.140 e. The minimum Gasteiger partial charge on any atom is -0.458 e. The second kappa shape index (κ2) is 6.52. The first-order chi connectivity index (χ1) is 9.26. The molecule has 0 saturated heterocycles. The zero-order valence-electron chi connectivity index (χ0n) is 11.1. The van der Waals surface area contributed by atoms with Crippen LogP contribution in [0.1, 0.15) is 11.9 Å². The number of hydrogen-bond acceptors (Lipinski definition) is 4. The highest BCUT2D eigenvalue weighted by molar-refractivity contribution is 5.57. The number of methoxy groups -OCH3 is 2. The Morgan fingerprint density at radius 3 is 2.47 bits per heavy atom. The maximum atomic E-state index is 10.2. The van der Waals surface area contributed by atoms with Crippen LogP contribution in [-0.2, 0) is 9.47 Å². The van der Waals surface area contributed by atoms with Gasteiger partial charge in [0.15, 0.2) is 0 Å². The minimum absolute atomic E-state index is 0.305. The molecule has 102 valence electrons. The summed E-state index contributed by atoms with van der Waals surface area (Å²) in [6.07, 6.45) is -1.29. The zero-order valence-corrected chi connectivity index (χ0v) is 11.1. The molecule has 0 unspecified atom stereocenters. The van der Waals surface area contributed by atoms with Crippen molar-refractivity contribution in [3.8, 4) is 11.3 Å². The minimum atomic E-state index is -0.845. The van der Waals surface area contributed by atoms with E-state index in [9.17, 15) is 5.11 Å². The SMILES string of the molecule is COC[C@@H](OC)[C@@H](O)c1ccc(-c2ccccc2)o1. The van der Waals surface area contributed by atoms with E-state index in [1.165, 1.54) is 7.11 Å². The Kier molecular flexibility index (Phi) is 4.74. The third-order valence-electron chi connectivity index (χ3n) is 2.96. The van der Waals surface area contributed by atoms with Crippen molar-refractivity contribution >= 4 is 0 Å². The van der Waals surface area contributed by atoms with Crippen molar-refractivity contribution in [2.75, 3.05) is 20.8 Å². The number of rotatable bonds is 6. The molecule has 2 rings (SSSR count). The molecule has 0 spiro atoms. The number of hydrogen-bond donors (Lipinski definition) is 1. The van der Waals surface area contributed by atoms with Crippen LogP contribution in [0, 0.1) is 0 Å². The molecule has 0 saturated carbocycles. The fourth-order valence-corrected chi connectivity index (χ4v) is 1.90. The molecular weight excluding hydrogens is 244 g/mol. The van der Waals surface area contributed by atoms with Crippen molar-refractivity contribution in [1.29, 1.82) is 0 Å². The molecule has 0 fully saturated rings. The van der Waals surface area contributed by atoms with Crippen LogP contribution in [0.3, 0.4) is 0 Å². The van der Waals surface area contributed by atoms with Gasteiger partial charge in [-0.2, -0.15) is 0 Å². The number of benzene rings is 1.